The number of ether oxygens (including phenoxy) is 2. The van der Waals surface area contributed by atoms with Crippen LogP contribution in [0.25, 0.3) is 0 Å². The van der Waals surface area contributed by atoms with Gasteiger partial charge in [0.2, 0.25) is 10.0 Å². The number of hydrogen-bond acceptors (Lipinski definition) is 5. The Labute approximate surface area is 152 Å². The van der Waals surface area contributed by atoms with E-state index in [4.69, 9.17) is 9.47 Å². The molecule has 2 aliphatic rings. The van der Waals surface area contributed by atoms with Crippen LogP contribution >= 0.6 is 11.3 Å². The molecule has 0 spiro atoms. The van der Waals surface area contributed by atoms with Crippen LogP contribution in [0.4, 0.5) is 0 Å². The van der Waals surface area contributed by atoms with Gasteiger partial charge in [-0.2, -0.15) is 11.3 Å². The van der Waals surface area contributed by atoms with Crippen molar-refractivity contribution in [1.82, 2.24) is 4.72 Å². The molecule has 0 saturated heterocycles. The van der Waals surface area contributed by atoms with Crippen molar-refractivity contribution in [3.8, 4) is 11.5 Å². The average molecular weight is 380 g/mol. The highest BCUT2D eigenvalue weighted by Gasteiger charge is 2.37. The van der Waals surface area contributed by atoms with E-state index in [0.29, 0.717) is 31.3 Å². The Morgan fingerprint density at radius 2 is 1.84 bits per heavy atom. The van der Waals surface area contributed by atoms with Crippen molar-refractivity contribution < 1.29 is 17.9 Å². The fourth-order valence-corrected chi connectivity index (χ4v) is 5.61. The fourth-order valence-electron chi connectivity index (χ4n) is 3.69. The molecule has 2 aromatic rings. The van der Waals surface area contributed by atoms with E-state index >= 15 is 0 Å². The maximum Gasteiger partial charge on any atom is 0.240 e. The second-order valence-electron chi connectivity index (χ2n) is 6.63. The van der Waals surface area contributed by atoms with Gasteiger partial charge in [0, 0.05) is 18.0 Å². The number of rotatable bonds is 5. The Bertz CT molecular complexity index is 840. The van der Waals surface area contributed by atoms with Gasteiger partial charge in [-0.15, -0.1) is 0 Å². The normalized spacial score (nSPS) is 19.0. The van der Waals surface area contributed by atoms with Crippen molar-refractivity contribution in [1.29, 1.82) is 0 Å². The molecule has 7 heteroatoms. The zero-order chi connectivity index (χ0) is 17.3. The van der Waals surface area contributed by atoms with E-state index < -0.39 is 10.0 Å². The highest BCUT2D eigenvalue weighted by Crippen LogP contribution is 2.41. The van der Waals surface area contributed by atoms with Crippen LogP contribution < -0.4 is 14.2 Å². The Hall–Kier alpha value is -1.57. The maximum absolute atomic E-state index is 12.8. The predicted octanol–water partition coefficient (Wildman–Crippen LogP) is 3.31. The Balaban J connectivity index is 1.55. The number of sulfonamides is 1. The first kappa shape index (κ1) is 16.9. The van der Waals surface area contributed by atoms with Gasteiger partial charge < -0.3 is 9.47 Å². The molecule has 1 aliphatic carbocycles. The first-order valence-corrected chi connectivity index (χ1v) is 10.9. The molecule has 1 fully saturated rings. The van der Waals surface area contributed by atoms with Crippen LogP contribution in [0.5, 0.6) is 11.5 Å². The Morgan fingerprint density at radius 1 is 1.08 bits per heavy atom. The highest BCUT2D eigenvalue weighted by atomic mass is 32.2. The average Bonchev–Trinajstić information content (AvgIpc) is 3.32. The van der Waals surface area contributed by atoms with Gasteiger partial charge in [0.15, 0.2) is 11.5 Å². The molecule has 0 bridgehead atoms. The summed E-state index contributed by atoms with van der Waals surface area (Å²) in [5, 5.41) is 4.20. The van der Waals surface area contributed by atoms with Crippen molar-refractivity contribution in [2.24, 2.45) is 0 Å². The van der Waals surface area contributed by atoms with Gasteiger partial charge >= 0.3 is 0 Å². The summed E-state index contributed by atoms with van der Waals surface area (Å²) >= 11 is 1.66. The topological polar surface area (TPSA) is 64.6 Å². The van der Waals surface area contributed by atoms with Crippen molar-refractivity contribution in [2.75, 3.05) is 19.8 Å². The van der Waals surface area contributed by atoms with Crippen LogP contribution in [0.1, 0.15) is 31.2 Å². The predicted molar refractivity (Wildman–Crippen MR) is 97.1 cm³/mol. The van der Waals surface area contributed by atoms with E-state index in [1.807, 2.05) is 0 Å². The molecule has 0 atom stereocenters. The molecule has 1 aliphatic heterocycles. The molecule has 1 aromatic carbocycles. The first-order chi connectivity index (χ1) is 12.1. The third kappa shape index (κ3) is 3.28. The SMILES string of the molecule is O=S(=O)(NCC1(c2ccsc2)CCCC1)c1ccc2c(c1)OCCO2. The van der Waals surface area contributed by atoms with Crippen molar-refractivity contribution >= 4 is 21.4 Å². The van der Waals surface area contributed by atoms with Gasteiger partial charge in [-0.3, -0.25) is 0 Å². The summed E-state index contributed by atoms with van der Waals surface area (Å²) in [7, 11) is -3.59. The van der Waals surface area contributed by atoms with Crippen molar-refractivity contribution in [3.63, 3.8) is 0 Å². The third-order valence-corrected chi connectivity index (χ3v) is 7.20. The zero-order valence-corrected chi connectivity index (χ0v) is 15.5. The van der Waals surface area contributed by atoms with E-state index in [0.717, 1.165) is 25.7 Å². The number of nitrogens with one attached hydrogen (secondary N) is 1. The summed E-state index contributed by atoms with van der Waals surface area (Å²) in [4.78, 5) is 0.218. The van der Waals surface area contributed by atoms with Crippen LogP contribution in [-0.2, 0) is 15.4 Å². The summed E-state index contributed by atoms with van der Waals surface area (Å²) < 4.78 is 39.4. The van der Waals surface area contributed by atoms with Gasteiger partial charge in [-0.1, -0.05) is 12.8 Å². The summed E-state index contributed by atoms with van der Waals surface area (Å²) in [6.07, 6.45) is 4.32. The summed E-state index contributed by atoms with van der Waals surface area (Å²) in [6.45, 7) is 1.35. The molecule has 134 valence electrons. The molecule has 0 unspecified atom stereocenters. The summed E-state index contributed by atoms with van der Waals surface area (Å²) in [6, 6.07) is 6.89. The third-order valence-electron chi connectivity index (χ3n) is 5.12. The van der Waals surface area contributed by atoms with Gasteiger partial charge in [0.05, 0.1) is 4.90 Å². The Morgan fingerprint density at radius 3 is 2.56 bits per heavy atom. The smallest absolute Gasteiger partial charge is 0.240 e. The molecule has 2 heterocycles. The molecule has 1 aromatic heterocycles. The lowest BCUT2D eigenvalue weighted by Crippen LogP contribution is -2.38. The maximum atomic E-state index is 12.8. The van der Waals surface area contributed by atoms with E-state index in [1.165, 1.54) is 5.56 Å². The minimum atomic E-state index is -3.59. The molecule has 25 heavy (non-hydrogen) atoms. The monoisotopic (exact) mass is 379 g/mol. The largest absolute Gasteiger partial charge is 0.486 e. The van der Waals surface area contributed by atoms with Gasteiger partial charge in [-0.05, 0) is 47.4 Å². The molecule has 0 amide bonds. The fraction of sp³-hybridized carbons (Fsp3) is 0.444. The standard InChI is InChI=1S/C18H21NO4S2/c20-25(21,15-3-4-16-17(11-15)23-9-8-22-16)19-13-18(6-1-2-7-18)14-5-10-24-12-14/h3-5,10-12,19H,1-2,6-9,13H2. The van der Waals surface area contributed by atoms with Gasteiger partial charge in [-0.25, -0.2) is 13.1 Å². The van der Waals surface area contributed by atoms with E-state index in [1.54, 1.807) is 29.5 Å². The summed E-state index contributed by atoms with van der Waals surface area (Å²) in [5.74, 6) is 1.08. The molecular formula is C18H21NO4S2. The zero-order valence-electron chi connectivity index (χ0n) is 13.9. The van der Waals surface area contributed by atoms with E-state index in [-0.39, 0.29) is 10.3 Å². The lowest BCUT2D eigenvalue weighted by molar-refractivity contribution is 0.171. The molecule has 5 nitrogen and oxygen atoms in total. The minimum Gasteiger partial charge on any atom is -0.486 e. The van der Waals surface area contributed by atoms with Gasteiger partial charge in [0.25, 0.3) is 0 Å². The van der Waals surface area contributed by atoms with Crippen LogP contribution in [0.3, 0.4) is 0 Å². The molecule has 1 saturated carbocycles. The summed E-state index contributed by atoms with van der Waals surface area (Å²) in [5.41, 5.74) is 1.17. The molecule has 1 N–H and O–H groups in total. The van der Waals surface area contributed by atoms with Crippen molar-refractivity contribution in [3.05, 3.63) is 40.6 Å². The van der Waals surface area contributed by atoms with E-state index in [9.17, 15) is 8.42 Å². The minimum absolute atomic E-state index is 0.0825. The van der Waals surface area contributed by atoms with Crippen molar-refractivity contribution in [2.45, 2.75) is 36.0 Å². The second kappa shape index (κ2) is 6.63. The first-order valence-electron chi connectivity index (χ1n) is 8.51. The van der Waals surface area contributed by atoms with Crippen LogP contribution in [0.2, 0.25) is 0 Å². The van der Waals surface area contributed by atoms with Crippen LogP contribution in [-0.4, -0.2) is 28.2 Å². The number of thiophene rings is 1. The van der Waals surface area contributed by atoms with Crippen LogP contribution in [0.15, 0.2) is 39.9 Å². The molecular weight excluding hydrogens is 358 g/mol. The number of hydrogen-bond donors (Lipinski definition) is 1. The van der Waals surface area contributed by atoms with E-state index in [2.05, 4.69) is 21.5 Å². The Kier molecular flexibility index (Phi) is 4.47. The molecule has 4 rings (SSSR count). The number of fused-ring (bicyclic) bond motifs is 1. The number of benzene rings is 1. The van der Waals surface area contributed by atoms with Crippen LogP contribution in [0, 0.1) is 0 Å². The molecule has 0 radical (unpaired) electrons. The highest BCUT2D eigenvalue weighted by molar-refractivity contribution is 7.89. The lowest BCUT2D eigenvalue weighted by atomic mass is 9.81. The lowest BCUT2D eigenvalue weighted by Gasteiger charge is -2.28. The second-order valence-corrected chi connectivity index (χ2v) is 9.18. The van der Waals surface area contributed by atoms with Gasteiger partial charge in [0.1, 0.15) is 13.2 Å². The quantitative estimate of drug-likeness (QED) is 0.866.